The highest BCUT2D eigenvalue weighted by molar-refractivity contribution is 7.16. The van der Waals surface area contributed by atoms with Crippen LogP contribution in [0.25, 0.3) is 0 Å². The third kappa shape index (κ3) is 4.16. The zero-order chi connectivity index (χ0) is 21.1. The van der Waals surface area contributed by atoms with Crippen molar-refractivity contribution < 1.29 is 14.8 Å². The smallest absolute Gasteiger partial charge is 0.283 e. The molecule has 1 saturated heterocycles. The molecule has 7 heteroatoms. The normalized spacial score (nSPS) is 18.2. The first-order valence-electron chi connectivity index (χ1n) is 10.8. The minimum Gasteiger partial charge on any atom is -0.506 e. The number of phenolic OH excluding ortho intramolecular Hbond substituents is 1. The topological polar surface area (TPSA) is 80.8 Å². The molecule has 1 aliphatic heterocycles. The van der Waals surface area contributed by atoms with Gasteiger partial charge in [-0.3, -0.25) is 4.79 Å². The number of carbonyl (C=O) groups excluding carboxylic acids is 1. The van der Waals surface area contributed by atoms with Crippen LogP contribution < -0.4 is 15.1 Å². The van der Waals surface area contributed by atoms with Crippen LogP contribution in [0.15, 0.2) is 24.3 Å². The largest absolute Gasteiger partial charge is 0.506 e. The van der Waals surface area contributed by atoms with E-state index in [9.17, 15) is 15.2 Å². The van der Waals surface area contributed by atoms with Gasteiger partial charge in [0, 0.05) is 4.88 Å². The highest BCUT2D eigenvalue weighted by Gasteiger charge is 2.31. The molecule has 3 N–H and O–H groups in total. The molecule has 1 atom stereocenters. The minimum atomic E-state index is -0.190. The van der Waals surface area contributed by atoms with E-state index < -0.39 is 0 Å². The Hall–Kier alpha value is -2.56. The molecule has 1 aromatic heterocycles. The molecular formula is C23H29N4O2S+. The lowest BCUT2D eigenvalue weighted by molar-refractivity contribution is -0.914. The van der Waals surface area contributed by atoms with E-state index in [0.29, 0.717) is 11.3 Å². The number of nitrogens with zero attached hydrogens (tertiary/aromatic N) is 2. The Labute approximate surface area is 181 Å². The summed E-state index contributed by atoms with van der Waals surface area (Å²) < 4.78 is 0. The molecule has 4 rings (SSSR count). The SMILES string of the molecule is C[C@@H](C(=O)Nc1sc2c(c1C#N)CCCCC2)[NH+]1CCN(c2ccccc2O)CC1. The van der Waals surface area contributed by atoms with Crippen LogP contribution in [0.1, 0.15) is 42.2 Å². The number of thiophene rings is 1. The number of fused-ring (bicyclic) bond motifs is 1. The molecular weight excluding hydrogens is 396 g/mol. The van der Waals surface area contributed by atoms with E-state index in [0.717, 1.165) is 68.1 Å². The predicted octanol–water partition coefficient (Wildman–Crippen LogP) is 2.33. The van der Waals surface area contributed by atoms with Gasteiger partial charge in [-0.15, -0.1) is 11.3 Å². The Morgan fingerprint density at radius 2 is 1.97 bits per heavy atom. The maximum atomic E-state index is 13.0. The third-order valence-corrected chi connectivity index (χ3v) is 7.61. The lowest BCUT2D eigenvalue weighted by Gasteiger charge is -2.36. The monoisotopic (exact) mass is 425 g/mol. The number of aromatic hydroxyl groups is 1. The van der Waals surface area contributed by atoms with Crippen LogP contribution in [0, 0.1) is 11.3 Å². The van der Waals surface area contributed by atoms with Crippen molar-refractivity contribution in [2.24, 2.45) is 0 Å². The molecule has 0 bridgehead atoms. The number of benzene rings is 1. The number of rotatable bonds is 4. The van der Waals surface area contributed by atoms with Crippen molar-refractivity contribution in [3.8, 4) is 11.8 Å². The molecule has 2 heterocycles. The number of carbonyl (C=O) groups is 1. The Balaban J connectivity index is 1.39. The van der Waals surface area contributed by atoms with E-state index in [4.69, 9.17) is 0 Å². The average molecular weight is 426 g/mol. The van der Waals surface area contributed by atoms with Gasteiger partial charge in [0.05, 0.1) is 37.4 Å². The summed E-state index contributed by atoms with van der Waals surface area (Å²) in [6.45, 7) is 5.21. The van der Waals surface area contributed by atoms with E-state index in [-0.39, 0.29) is 11.9 Å². The lowest BCUT2D eigenvalue weighted by Crippen LogP contribution is -3.19. The molecule has 6 nitrogen and oxygen atoms in total. The van der Waals surface area contributed by atoms with E-state index in [1.807, 2.05) is 25.1 Å². The highest BCUT2D eigenvalue weighted by Crippen LogP contribution is 2.37. The van der Waals surface area contributed by atoms with E-state index in [1.54, 1.807) is 17.4 Å². The number of piperazine rings is 1. The van der Waals surface area contributed by atoms with Crippen molar-refractivity contribution in [2.45, 2.75) is 45.1 Å². The van der Waals surface area contributed by atoms with Gasteiger partial charge in [-0.1, -0.05) is 18.6 Å². The van der Waals surface area contributed by atoms with Crippen LogP contribution in [0.5, 0.6) is 5.75 Å². The van der Waals surface area contributed by atoms with Gasteiger partial charge in [-0.25, -0.2) is 0 Å². The number of nitrogens with one attached hydrogen (secondary N) is 2. The maximum absolute atomic E-state index is 13.0. The number of amides is 1. The van der Waals surface area contributed by atoms with Gasteiger partial charge in [0.1, 0.15) is 16.8 Å². The summed E-state index contributed by atoms with van der Waals surface area (Å²) in [5, 5.41) is 23.6. The Bertz CT molecular complexity index is 957. The fraction of sp³-hybridized carbons (Fsp3) is 0.478. The zero-order valence-electron chi connectivity index (χ0n) is 17.4. The number of hydrogen-bond donors (Lipinski definition) is 3. The number of anilines is 2. The Kier molecular flexibility index (Phi) is 6.26. The molecule has 0 spiro atoms. The van der Waals surface area contributed by atoms with Crippen LogP contribution in [-0.2, 0) is 17.6 Å². The summed E-state index contributed by atoms with van der Waals surface area (Å²) in [6.07, 6.45) is 5.45. The van der Waals surface area contributed by atoms with Crippen LogP contribution in [-0.4, -0.2) is 43.2 Å². The van der Waals surface area contributed by atoms with Gasteiger partial charge >= 0.3 is 0 Å². The van der Waals surface area contributed by atoms with Crippen LogP contribution in [0.2, 0.25) is 0 Å². The van der Waals surface area contributed by atoms with Crippen molar-refractivity contribution in [1.29, 1.82) is 5.26 Å². The van der Waals surface area contributed by atoms with Gasteiger partial charge < -0.3 is 20.2 Å². The summed E-state index contributed by atoms with van der Waals surface area (Å²) in [5.74, 6) is 0.280. The Morgan fingerprint density at radius 1 is 1.23 bits per heavy atom. The second-order valence-corrected chi connectivity index (χ2v) is 9.33. The van der Waals surface area contributed by atoms with Crippen LogP contribution in [0.3, 0.4) is 0 Å². The number of para-hydroxylation sites is 2. The number of nitriles is 1. The highest BCUT2D eigenvalue weighted by atomic mass is 32.1. The second kappa shape index (κ2) is 9.07. The summed E-state index contributed by atoms with van der Waals surface area (Å²) >= 11 is 1.59. The first kappa shape index (κ1) is 20.7. The van der Waals surface area contributed by atoms with Gasteiger partial charge in [0.2, 0.25) is 0 Å². The standard InChI is InChI=1S/C23H28N4O2S/c1-16(26-11-13-27(14-12-26)19-8-5-6-9-20(19)28)22(29)25-23-18(15-24)17-7-3-2-4-10-21(17)30-23/h5-6,8-9,16,28H,2-4,7,10-14H2,1H3,(H,25,29)/p+1/t16-/m0/s1. The number of aryl methyl sites for hydroxylation is 1. The van der Waals surface area contributed by atoms with Gasteiger partial charge in [0.15, 0.2) is 6.04 Å². The van der Waals surface area contributed by atoms with Crippen molar-refractivity contribution in [2.75, 3.05) is 36.4 Å². The molecule has 1 amide bonds. The van der Waals surface area contributed by atoms with Crippen molar-refractivity contribution in [1.82, 2.24) is 0 Å². The fourth-order valence-electron chi connectivity index (χ4n) is 4.55. The van der Waals surface area contributed by atoms with E-state index in [1.165, 1.54) is 16.2 Å². The quantitative estimate of drug-likeness (QED) is 0.657. The molecule has 158 valence electrons. The maximum Gasteiger partial charge on any atom is 0.283 e. The summed E-state index contributed by atoms with van der Waals surface area (Å²) in [6, 6.07) is 9.55. The molecule has 0 unspecified atom stereocenters. The zero-order valence-corrected chi connectivity index (χ0v) is 18.2. The molecule has 2 aliphatic rings. The molecule has 2 aromatic rings. The molecule has 1 aliphatic carbocycles. The van der Waals surface area contributed by atoms with Gasteiger partial charge in [-0.05, 0) is 50.3 Å². The number of hydrogen-bond acceptors (Lipinski definition) is 5. The lowest BCUT2D eigenvalue weighted by atomic mass is 10.1. The first-order valence-corrected chi connectivity index (χ1v) is 11.6. The third-order valence-electron chi connectivity index (χ3n) is 6.40. The van der Waals surface area contributed by atoms with Crippen LogP contribution >= 0.6 is 11.3 Å². The molecule has 1 fully saturated rings. The molecule has 30 heavy (non-hydrogen) atoms. The first-order chi connectivity index (χ1) is 14.6. The second-order valence-electron chi connectivity index (χ2n) is 8.23. The minimum absolute atomic E-state index is 0.0195. The molecule has 1 aromatic carbocycles. The Morgan fingerprint density at radius 3 is 2.70 bits per heavy atom. The van der Waals surface area contributed by atoms with Crippen molar-refractivity contribution in [3.05, 3.63) is 40.3 Å². The summed E-state index contributed by atoms with van der Waals surface area (Å²) in [4.78, 5) is 17.7. The predicted molar refractivity (Wildman–Crippen MR) is 119 cm³/mol. The van der Waals surface area contributed by atoms with Gasteiger partial charge in [-0.2, -0.15) is 5.26 Å². The average Bonchev–Trinajstić information content (AvgIpc) is 2.92. The van der Waals surface area contributed by atoms with Crippen molar-refractivity contribution >= 4 is 27.9 Å². The van der Waals surface area contributed by atoms with Crippen LogP contribution in [0.4, 0.5) is 10.7 Å². The molecule has 0 saturated carbocycles. The van der Waals surface area contributed by atoms with Crippen molar-refractivity contribution in [3.63, 3.8) is 0 Å². The van der Waals surface area contributed by atoms with Gasteiger partial charge in [0.25, 0.3) is 5.91 Å². The summed E-state index contributed by atoms with van der Waals surface area (Å²) in [5.41, 5.74) is 2.69. The fourth-order valence-corrected chi connectivity index (χ4v) is 5.80. The molecule has 0 radical (unpaired) electrons. The van der Waals surface area contributed by atoms with E-state index >= 15 is 0 Å². The summed E-state index contributed by atoms with van der Waals surface area (Å²) in [7, 11) is 0. The number of quaternary nitrogens is 1. The van der Waals surface area contributed by atoms with E-state index in [2.05, 4.69) is 16.3 Å². The number of phenols is 1.